The van der Waals surface area contributed by atoms with Gasteiger partial charge < -0.3 is 10.5 Å². The number of allylic oxidation sites excluding steroid dienone is 1. The number of ether oxygens (including phenoxy) is 1. The normalized spacial score (nSPS) is 15.1. The number of nitrogens with two attached hydrogens (primary N) is 1. The molecule has 0 saturated heterocycles. The van der Waals surface area contributed by atoms with Crippen molar-refractivity contribution in [1.82, 2.24) is 0 Å². The third-order valence-electron chi connectivity index (χ3n) is 3.45. The Morgan fingerprint density at radius 2 is 1.67 bits per heavy atom. The average Bonchev–Trinajstić information content (AvgIpc) is 3.36. The molecule has 0 amide bonds. The quantitative estimate of drug-likeness (QED) is 0.118. The second-order valence-corrected chi connectivity index (χ2v) is 5.89. The van der Waals surface area contributed by atoms with Gasteiger partial charge in [-0.3, -0.25) is 4.79 Å². The minimum Gasteiger partial charge on any atom is -0.462 e. The standard InChI is InChI=1S/C15H12BrF4NO3/c1-2-24-15(23)7(13(21)5-3-4-5)14(22)6-8(16)10(18)12(20)11(19)9(6)17/h5H,2-4,21H2,1H3. The van der Waals surface area contributed by atoms with Crippen molar-refractivity contribution in [2.75, 3.05) is 6.61 Å². The van der Waals surface area contributed by atoms with Crippen molar-refractivity contribution in [2.45, 2.75) is 19.8 Å². The number of carbonyl (C=O) groups is 2. The zero-order valence-corrected chi connectivity index (χ0v) is 14.0. The van der Waals surface area contributed by atoms with Crippen LogP contribution in [0.1, 0.15) is 30.1 Å². The summed E-state index contributed by atoms with van der Waals surface area (Å²) in [6, 6.07) is 0. The SMILES string of the molecule is CCOC(=O)C(C(=O)c1c(F)c(F)c(F)c(F)c1Br)=C(N)C1CC1. The van der Waals surface area contributed by atoms with E-state index in [1.807, 2.05) is 0 Å². The van der Waals surface area contributed by atoms with Gasteiger partial charge in [-0.25, -0.2) is 22.4 Å². The fraction of sp³-hybridized carbons (Fsp3) is 0.333. The van der Waals surface area contributed by atoms with Gasteiger partial charge in [0.2, 0.25) is 5.78 Å². The zero-order chi connectivity index (χ0) is 18.2. The van der Waals surface area contributed by atoms with Crippen LogP contribution in [-0.4, -0.2) is 18.4 Å². The van der Waals surface area contributed by atoms with E-state index >= 15 is 0 Å². The number of ketones is 1. The number of hydrogen-bond acceptors (Lipinski definition) is 4. The molecule has 2 rings (SSSR count). The molecule has 0 radical (unpaired) electrons. The molecule has 130 valence electrons. The van der Waals surface area contributed by atoms with Gasteiger partial charge >= 0.3 is 5.97 Å². The molecule has 0 heterocycles. The highest BCUT2D eigenvalue weighted by Gasteiger charge is 2.37. The van der Waals surface area contributed by atoms with Crippen molar-refractivity contribution in [3.63, 3.8) is 0 Å². The van der Waals surface area contributed by atoms with Crippen molar-refractivity contribution in [2.24, 2.45) is 11.7 Å². The van der Waals surface area contributed by atoms with Gasteiger partial charge in [-0.2, -0.15) is 0 Å². The van der Waals surface area contributed by atoms with E-state index in [1.54, 1.807) is 0 Å². The molecule has 1 fully saturated rings. The molecule has 4 nitrogen and oxygen atoms in total. The molecule has 1 aliphatic rings. The van der Waals surface area contributed by atoms with Crippen LogP contribution in [0.5, 0.6) is 0 Å². The lowest BCUT2D eigenvalue weighted by molar-refractivity contribution is -0.138. The molecular weight excluding hydrogens is 398 g/mol. The van der Waals surface area contributed by atoms with Crippen LogP contribution >= 0.6 is 15.9 Å². The highest BCUT2D eigenvalue weighted by molar-refractivity contribution is 9.10. The smallest absolute Gasteiger partial charge is 0.343 e. The Hall–Kier alpha value is -1.90. The summed E-state index contributed by atoms with van der Waals surface area (Å²) in [4.78, 5) is 24.5. The molecule has 0 spiro atoms. The molecule has 9 heteroatoms. The number of rotatable bonds is 5. The molecule has 24 heavy (non-hydrogen) atoms. The molecule has 0 aliphatic heterocycles. The predicted octanol–water partition coefficient (Wildman–Crippen LogP) is 3.37. The lowest BCUT2D eigenvalue weighted by atomic mass is 9.99. The van der Waals surface area contributed by atoms with Crippen LogP contribution in [0.2, 0.25) is 0 Å². The Labute approximate surface area is 142 Å². The Balaban J connectivity index is 2.64. The largest absolute Gasteiger partial charge is 0.462 e. The minimum absolute atomic E-state index is 0.0939. The fourth-order valence-electron chi connectivity index (χ4n) is 2.07. The van der Waals surface area contributed by atoms with E-state index in [4.69, 9.17) is 10.5 Å². The van der Waals surface area contributed by atoms with E-state index < -0.39 is 50.6 Å². The Morgan fingerprint density at radius 3 is 2.17 bits per heavy atom. The first-order valence-electron chi connectivity index (χ1n) is 6.95. The topological polar surface area (TPSA) is 69.4 Å². The maximum Gasteiger partial charge on any atom is 0.343 e. The Kier molecular flexibility index (Phi) is 5.32. The lowest BCUT2D eigenvalue weighted by Gasteiger charge is -2.13. The predicted molar refractivity (Wildman–Crippen MR) is 78.9 cm³/mol. The summed E-state index contributed by atoms with van der Waals surface area (Å²) < 4.78 is 58.1. The second-order valence-electron chi connectivity index (χ2n) is 5.10. The van der Waals surface area contributed by atoms with Gasteiger partial charge in [0.15, 0.2) is 23.3 Å². The molecule has 0 aromatic heterocycles. The molecule has 1 aromatic rings. The lowest BCUT2D eigenvalue weighted by Crippen LogP contribution is -2.24. The van der Waals surface area contributed by atoms with Gasteiger partial charge in [0.1, 0.15) is 5.57 Å². The third-order valence-corrected chi connectivity index (χ3v) is 4.19. The van der Waals surface area contributed by atoms with E-state index in [9.17, 15) is 27.2 Å². The summed E-state index contributed by atoms with van der Waals surface area (Å²) >= 11 is 2.52. The van der Waals surface area contributed by atoms with E-state index in [0.29, 0.717) is 12.8 Å². The van der Waals surface area contributed by atoms with E-state index in [0.717, 1.165) is 0 Å². The number of benzene rings is 1. The molecular formula is C15H12BrF4NO3. The summed E-state index contributed by atoms with van der Waals surface area (Å²) in [7, 11) is 0. The van der Waals surface area contributed by atoms with E-state index in [1.165, 1.54) is 6.92 Å². The van der Waals surface area contributed by atoms with Crippen LogP contribution in [0.4, 0.5) is 17.6 Å². The molecule has 1 aromatic carbocycles. The van der Waals surface area contributed by atoms with Crippen LogP contribution in [0.25, 0.3) is 0 Å². The van der Waals surface area contributed by atoms with E-state index in [-0.39, 0.29) is 18.2 Å². The summed E-state index contributed by atoms with van der Waals surface area (Å²) in [6.45, 7) is 1.38. The maximum absolute atomic E-state index is 14.0. The van der Waals surface area contributed by atoms with Crippen LogP contribution in [-0.2, 0) is 9.53 Å². The fourth-order valence-corrected chi connectivity index (χ4v) is 2.60. The van der Waals surface area contributed by atoms with Crippen LogP contribution in [0, 0.1) is 29.2 Å². The van der Waals surface area contributed by atoms with Gasteiger partial charge in [0.25, 0.3) is 0 Å². The van der Waals surface area contributed by atoms with Crippen molar-refractivity contribution < 1.29 is 31.9 Å². The van der Waals surface area contributed by atoms with Crippen molar-refractivity contribution >= 4 is 27.7 Å². The number of Topliss-reactive ketones (excluding diaryl/α,β-unsaturated/α-hetero) is 1. The average molecular weight is 410 g/mol. The monoisotopic (exact) mass is 409 g/mol. The number of carbonyl (C=O) groups excluding carboxylic acids is 2. The van der Waals surface area contributed by atoms with Crippen LogP contribution < -0.4 is 5.73 Å². The first kappa shape index (κ1) is 18.4. The van der Waals surface area contributed by atoms with Gasteiger partial charge in [0, 0.05) is 5.70 Å². The summed E-state index contributed by atoms with van der Waals surface area (Å²) in [5.41, 5.74) is 3.75. The van der Waals surface area contributed by atoms with Crippen LogP contribution in [0.15, 0.2) is 15.7 Å². The van der Waals surface area contributed by atoms with Crippen molar-refractivity contribution in [3.8, 4) is 0 Å². The molecule has 0 bridgehead atoms. The Bertz CT molecular complexity index is 731. The number of halogens is 5. The number of esters is 1. The first-order chi connectivity index (χ1) is 11.2. The zero-order valence-electron chi connectivity index (χ0n) is 12.4. The third kappa shape index (κ3) is 3.17. The molecule has 0 unspecified atom stereocenters. The van der Waals surface area contributed by atoms with Crippen molar-refractivity contribution in [1.29, 1.82) is 0 Å². The molecule has 2 N–H and O–H groups in total. The second kappa shape index (κ2) is 6.92. The first-order valence-corrected chi connectivity index (χ1v) is 7.74. The summed E-state index contributed by atoms with van der Waals surface area (Å²) in [5.74, 6) is -10.7. The highest BCUT2D eigenvalue weighted by atomic mass is 79.9. The molecule has 0 atom stereocenters. The number of hydrogen-bond donors (Lipinski definition) is 1. The van der Waals surface area contributed by atoms with Gasteiger partial charge in [-0.15, -0.1) is 0 Å². The maximum atomic E-state index is 14.0. The molecule has 1 saturated carbocycles. The highest BCUT2D eigenvalue weighted by Crippen LogP contribution is 2.37. The van der Waals surface area contributed by atoms with Crippen LogP contribution in [0.3, 0.4) is 0 Å². The van der Waals surface area contributed by atoms with E-state index in [2.05, 4.69) is 15.9 Å². The summed E-state index contributed by atoms with van der Waals surface area (Å²) in [5, 5.41) is 0. The van der Waals surface area contributed by atoms with Gasteiger partial charge in [-0.1, -0.05) is 0 Å². The Morgan fingerprint density at radius 1 is 1.12 bits per heavy atom. The van der Waals surface area contributed by atoms with Gasteiger partial charge in [0.05, 0.1) is 16.6 Å². The molecule has 1 aliphatic carbocycles. The van der Waals surface area contributed by atoms with Crippen molar-refractivity contribution in [3.05, 3.63) is 44.6 Å². The summed E-state index contributed by atoms with van der Waals surface area (Å²) in [6.07, 6.45) is 1.22. The minimum atomic E-state index is -2.16. The van der Waals surface area contributed by atoms with Gasteiger partial charge in [-0.05, 0) is 41.6 Å².